The monoisotopic (exact) mass is 206 g/mol. The normalized spacial score (nSPS) is 15.4. The van der Waals surface area contributed by atoms with E-state index in [-0.39, 0.29) is 12.2 Å². The maximum absolute atomic E-state index is 8.88. The lowest BCUT2D eigenvalue weighted by molar-refractivity contribution is 0.0295. The zero-order valence-corrected chi connectivity index (χ0v) is 9.11. The summed E-state index contributed by atoms with van der Waals surface area (Å²) in [6, 6.07) is 0. The van der Waals surface area contributed by atoms with Gasteiger partial charge >= 0.3 is 0 Å². The first-order chi connectivity index (χ1) is 6.63. The SMILES string of the molecule is CC(O)COCCCCOCC(C)O. The summed E-state index contributed by atoms with van der Waals surface area (Å²) in [5, 5.41) is 17.8. The highest BCUT2D eigenvalue weighted by Gasteiger charge is 1.96. The zero-order valence-electron chi connectivity index (χ0n) is 9.11. The minimum atomic E-state index is -0.388. The Hall–Kier alpha value is -0.160. The first-order valence-corrected chi connectivity index (χ1v) is 5.14. The molecule has 0 aromatic carbocycles. The molecule has 0 aliphatic carbocycles. The van der Waals surface area contributed by atoms with Crippen LogP contribution in [0.1, 0.15) is 26.7 Å². The van der Waals surface area contributed by atoms with Crippen LogP contribution in [0.5, 0.6) is 0 Å². The van der Waals surface area contributed by atoms with E-state index in [1.165, 1.54) is 0 Å². The van der Waals surface area contributed by atoms with Crippen molar-refractivity contribution < 1.29 is 19.7 Å². The quantitative estimate of drug-likeness (QED) is 0.541. The Morgan fingerprint density at radius 1 is 0.857 bits per heavy atom. The molecule has 2 N–H and O–H groups in total. The van der Waals surface area contributed by atoms with Crippen molar-refractivity contribution in [3.05, 3.63) is 0 Å². The van der Waals surface area contributed by atoms with Crippen LogP contribution in [0.4, 0.5) is 0 Å². The number of rotatable bonds is 9. The molecular weight excluding hydrogens is 184 g/mol. The summed E-state index contributed by atoms with van der Waals surface area (Å²) in [5.41, 5.74) is 0. The van der Waals surface area contributed by atoms with E-state index in [0.717, 1.165) is 12.8 Å². The van der Waals surface area contributed by atoms with Gasteiger partial charge < -0.3 is 19.7 Å². The molecule has 2 atom stereocenters. The minimum absolute atomic E-state index is 0.388. The van der Waals surface area contributed by atoms with Crippen molar-refractivity contribution in [3.8, 4) is 0 Å². The summed E-state index contributed by atoms with van der Waals surface area (Å²) in [6.45, 7) is 5.51. The van der Waals surface area contributed by atoms with Gasteiger partial charge in [-0.05, 0) is 26.7 Å². The molecule has 0 rings (SSSR count). The second-order valence-electron chi connectivity index (χ2n) is 3.55. The van der Waals surface area contributed by atoms with Crippen molar-refractivity contribution in [1.82, 2.24) is 0 Å². The van der Waals surface area contributed by atoms with Gasteiger partial charge in [-0.15, -0.1) is 0 Å². The van der Waals surface area contributed by atoms with E-state index < -0.39 is 0 Å². The van der Waals surface area contributed by atoms with Gasteiger partial charge in [0.05, 0.1) is 25.4 Å². The summed E-state index contributed by atoms with van der Waals surface area (Å²) < 4.78 is 10.3. The molecule has 14 heavy (non-hydrogen) atoms. The van der Waals surface area contributed by atoms with Gasteiger partial charge in [-0.25, -0.2) is 0 Å². The molecule has 86 valence electrons. The Labute approximate surface area is 85.8 Å². The fourth-order valence-corrected chi connectivity index (χ4v) is 0.916. The van der Waals surface area contributed by atoms with E-state index in [9.17, 15) is 0 Å². The second kappa shape index (κ2) is 9.40. The van der Waals surface area contributed by atoms with Gasteiger partial charge in [-0.1, -0.05) is 0 Å². The lowest BCUT2D eigenvalue weighted by Gasteiger charge is -2.07. The molecule has 0 spiro atoms. The summed E-state index contributed by atoms with van der Waals surface area (Å²) in [7, 11) is 0. The lowest BCUT2D eigenvalue weighted by atomic mass is 10.3. The molecule has 0 amide bonds. The molecule has 0 aliphatic rings. The second-order valence-corrected chi connectivity index (χ2v) is 3.55. The molecular formula is C10H22O4. The average molecular weight is 206 g/mol. The number of hydrogen-bond donors (Lipinski definition) is 2. The van der Waals surface area contributed by atoms with Gasteiger partial charge in [-0.2, -0.15) is 0 Å². The van der Waals surface area contributed by atoms with E-state index in [1.807, 2.05) is 0 Å². The maximum Gasteiger partial charge on any atom is 0.0745 e. The molecule has 0 bridgehead atoms. The summed E-state index contributed by atoms with van der Waals surface area (Å²) in [6.07, 6.45) is 1.07. The van der Waals surface area contributed by atoms with Gasteiger partial charge in [0.15, 0.2) is 0 Å². The fraction of sp³-hybridized carbons (Fsp3) is 1.00. The smallest absolute Gasteiger partial charge is 0.0745 e. The van der Waals surface area contributed by atoms with Crippen molar-refractivity contribution in [2.24, 2.45) is 0 Å². The van der Waals surface area contributed by atoms with Crippen LogP contribution in [0.2, 0.25) is 0 Å². The molecule has 0 aromatic heterocycles. The Morgan fingerprint density at radius 3 is 1.50 bits per heavy atom. The molecule has 2 unspecified atom stereocenters. The molecule has 4 heteroatoms. The van der Waals surface area contributed by atoms with Gasteiger partial charge in [0.2, 0.25) is 0 Å². The number of ether oxygens (including phenoxy) is 2. The van der Waals surface area contributed by atoms with Crippen molar-refractivity contribution >= 4 is 0 Å². The third-order valence-corrected chi connectivity index (χ3v) is 1.55. The molecule has 0 aliphatic heterocycles. The summed E-state index contributed by atoms with van der Waals surface area (Å²) >= 11 is 0. The predicted octanol–water partition coefficient (Wildman–Crippen LogP) is 0.561. The Bertz CT molecular complexity index is 101. The largest absolute Gasteiger partial charge is 0.391 e. The zero-order chi connectivity index (χ0) is 10.8. The molecule has 0 saturated heterocycles. The highest BCUT2D eigenvalue weighted by atomic mass is 16.5. The minimum Gasteiger partial charge on any atom is -0.391 e. The number of aliphatic hydroxyl groups is 2. The standard InChI is InChI=1S/C10H22O4/c1-9(11)7-13-5-3-4-6-14-8-10(2)12/h9-12H,3-8H2,1-2H3. The first kappa shape index (κ1) is 13.8. The van der Waals surface area contributed by atoms with Gasteiger partial charge in [-0.3, -0.25) is 0 Å². The third kappa shape index (κ3) is 11.8. The van der Waals surface area contributed by atoms with Crippen LogP contribution in [0.3, 0.4) is 0 Å². The van der Waals surface area contributed by atoms with E-state index in [1.54, 1.807) is 13.8 Å². The van der Waals surface area contributed by atoms with Gasteiger partial charge in [0.1, 0.15) is 0 Å². The maximum atomic E-state index is 8.88. The van der Waals surface area contributed by atoms with E-state index in [0.29, 0.717) is 26.4 Å². The van der Waals surface area contributed by atoms with E-state index in [4.69, 9.17) is 19.7 Å². The number of aliphatic hydroxyl groups excluding tert-OH is 2. The van der Waals surface area contributed by atoms with Crippen molar-refractivity contribution in [1.29, 1.82) is 0 Å². The van der Waals surface area contributed by atoms with E-state index >= 15 is 0 Å². The Balaban J connectivity index is 2.92. The molecule has 0 heterocycles. The highest BCUT2D eigenvalue weighted by molar-refractivity contribution is 4.45. The molecule has 4 nitrogen and oxygen atoms in total. The molecule has 0 aromatic rings. The molecule has 0 fully saturated rings. The summed E-state index contributed by atoms with van der Waals surface area (Å²) in [4.78, 5) is 0. The predicted molar refractivity (Wildman–Crippen MR) is 54.2 cm³/mol. The van der Waals surface area contributed by atoms with Crippen molar-refractivity contribution in [3.63, 3.8) is 0 Å². The highest BCUT2D eigenvalue weighted by Crippen LogP contribution is 1.93. The number of hydrogen-bond acceptors (Lipinski definition) is 4. The van der Waals surface area contributed by atoms with Crippen LogP contribution in [-0.4, -0.2) is 48.8 Å². The van der Waals surface area contributed by atoms with Gasteiger partial charge in [0, 0.05) is 13.2 Å². The lowest BCUT2D eigenvalue weighted by Crippen LogP contribution is -2.12. The molecule has 0 saturated carbocycles. The topological polar surface area (TPSA) is 58.9 Å². The van der Waals surface area contributed by atoms with Crippen LogP contribution in [0, 0.1) is 0 Å². The van der Waals surface area contributed by atoms with Crippen LogP contribution < -0.4 is 0 Å². The van der Waals surface area contributed by atoms with Crippen LogP contribution >= 0.6 is 0 Å². The Kier molecular flexibility index (Phi) is 9.29. The number of unbranched alkanes of at least 4 members (excludes halogenated alkanes) is 1. The van der Waals surface area contributed by atoms with Crippen molar-refractivity contribution in [2.75, 3.05) is 26.4 Å². The van der Waals surface area contributed by atoms with E-state index in [2.05, 4.69) is 0 Å². The van der Waals surface area contributed by atoms with Gasteiger partial charge in [0.25, 0.3) is 0 Å². The van der Waals surface area contributed by atoms with Crippen LogP contribution in [0.25, 0.3) is 0 Å². The molecule has 0 radical (unpaired) electrons. The van der Waals surface area contributed by atoms with Crippen molar-refractivity contribution in [2.45, 2.75) is 38.9 Å². The first-order valence-electron chi connectivity index (χ1n) is 5.14. The van der Waals surface area contributed by atoms with Crippen LogP contribution in [0.15, 0.2) is 0 Å². The fourth-order valence-electron chi connectivity index (χ4n) is 0.916. The average Bonchev–Trinajstić information content (AvgIpc) is 2.08. The van der Waals surface area contributed by atoms with Crippen LogP contribution in [-0.2, 0) is 9.47 Å². The summed E-state index contributed by atoms with van der Waals surface area (Å²) in [5.74, 6) is 0. The third-order valence-electron chi connectivity index (χ3n) is 1.55. The Morgan fingerprint density at radius 2 is 1.21 bits per heavy atom.